The lowest BCUT2D eigenvalue weighted by molar-refractivity contribution is 0.102. The summed E-state index contributed by atoms with van der Waals surface area (Å²) in [5, 5.41) is 3.17. The molecule has 0 spiro atoms. The first-order valence-corrected chi connectivity index (χ1v) is 11.8. The van der Waals surface area contributed by atoms with Gasteiger partial charge in [0.25, 0.3) is 5.91 Å². The van der Waals surface area contributed by atoms with E-state index in [0.29, 0.717) is 11.3 Å². The van der Waals surface area contributed by atoms with Gasteiger partial charge in [-0.2, -0.15) is 0 Å². The van der Waals surface area contributed by atoms with E-state index in [0.717, 1.165) is 20.8 Å². The number of nitrogens with zero attached hydrogens (tertiary/aromatic N) is 1. The highest BCUT2D eigenvalue weighted by molar-refractivity contribution is 7.92. The summed E-state index contributed by atoms with van der Waals surface area (Å²) in [6, 6.07) is 21.5. The van der Waals surface area contributed by atoms with Gasteiger partial charge in [-0.15, -0.1) is 11.3 Å². The SMILES string of the molecule is CC(C)S(=O)(=O)c1cccc(C(=O)Nc2cccc(-c3nc4ccccc4s3)c2)c1. The zero-order valence-corrected chi connectivity index (χ0v) is 18.1. The molecule has 0 saturated carbocycles. The molecule has 152 valence electrons. The predicted octanol–water partition coefficient (Wildman–Crippen LogP) is 5.40. The van der Waals surface area contributed by atoms with Gasteiger partial charge in [0.1, 0.15) is 5.01 Å². The van der Waals surface area contributed by atoms with Crippen LogP contribution in [0.4, 0.5) is 5.69 Å². The maximum atomic E-state index is 12.7. The number of carbonyl (C=O) groups is 1. The molecular weight excluding hydrogens is 416 g/mol. The summed E-state index contributed by atoms with van der Waals surface area (Å²) in [6.45, 7) is 3.24. The summed E-state index contributed by atoms with van der Waals surface area (Å²) in [7, 11) is -3.45. The second-order valence-electron chi connectivity index (χ2n) is 7.14. The molecule has 0 aliphatic carbocycles. The highest BCUT2D eigenvalue weighted by Crippen LogP contribution is 2.31. The van der Waals surface area contributed by atoms with E-state index in [1.807, 2.05) is 42.5 Å². The summed E-state index contributed by atoms with van der Waals surface area (Å²) < 4.78 is 25.9. The maximum absolute atomic E-state index is 12.7. The average Bonchev–Trinajstić information content (AvgIpc) is 3.18. The molecule has 4 aromatic rings. The molecule has 7 heteroatoms. The third-order valence-electron chi connectivity index (χ3n) is 4.71. The molecule has 5 nitrogen and oxygen atoms in total. The molecule has 0 radical (unpaired) electrons. The number of fused-ring (bicyclic) bond motifs is 1. The molecule has 1 aromatic heterocycles. The van der Waals surface area contributed by atoms with Crippen molar-refractivity contribution < 1.29 is 13.2 Å². The van der Waals surface area contributed by atoms with Crippen molar-refractivity contribution in [3.63, 3.8) is 0 Å². The first-order valence-electron chi connectivity index (χ1n) is 9.46. The van der Waals surface area contributed by atoms with Crippen LogP contribution in [0.1, 0.15) is 24.2 Å². The van der Waals surface area contributed by atoms with Gasteiger partial charge < -0.3 is 5.32 Å². The molecule has 0 aliphatic heterocycles. The summed E-state index contributed by atoms with van der Waals surface area (Å²) in [5.41, 5.74) is 2.76. The van der Waals surface area contributed by atoms with Gasteiger partial charge in [0.15, 0.2) is 9.84 Å². The predicted molar refractivity (Wildman–Crippen MR) is 122 cm³/mol. The van der Waals surface area contributed by atoms with Crippen LogP contribution in [-0.2, 0) is 9.84 Å². The second kappa shape index (κ2) is 8.01. The van der Waals surface area contributed by atoms with Crippen LogP contribution in [0.5, 0.6) is 0 Å². The Kier molecular flexibility index (Phi) is 5.40. The van der Waals surface area contributed by atoms with E-state index in [4.69, 9.17) is 0 Å². The van der Waals surface area contributed by atoms with Crippen molar-refractivity contribution >= 4 is 43.0 Å². The minimum absolute atomic E-state index is 0.147. The van der Waals surface area contributed by atoms with Crippen molar-refractivity contribution in [3.05, 3.63) is 78.4 Å². The van der Waals surface area contributed by atoms with Gasteiger partial charge in [-0.25, -0.2) is 13.4 Å². The molecule has 30 heavy (non-hydrogen) atoms. The molecule has 0 fully saturated rings. The van der Waals surface area contributed by atoms with Crippen LogP contribution >= 0.6 is 11.3 Å². The van der Waals surface area contributed by atoms with Crippen molar-refractivity contribution in [1.82, 2.24) is 4.98 Å². The zero-order valence-electron chi connectivity index (χ0n) is 16.5. The summed E-state index contributed by atoms with van der Waals surface area (Å²) in [4.78, 5) is 17.5. The minimum Gasteiger partial charge on any atom is -0.322 e. The number of anilines is 1. The maximum Gasteiger partial charge on any atom is 0.255 e. The first kappa shape index (κ1) is 20.3. The van der Waals surface area contributed by atoms with Crippen LogP contribution in [0.2, 0.25) is 0 Å². The number of aromatic nitrogens is 1. The molecule has 3 aromatic carbocycles. The second-order valence-corrected chi connectivity index (χ2v) is 10.7. The highest BCUT2D eigenvalue weighted by atomic mass is 32.2. The lowest BCUT2D eigenvalue weighted by Crippen LogP contribution is -2.16. The normalized spacial score (nSPS) is 11.7. The number of carbonyl (C=O) groups excluding carboxylic acids is 1. The summed E-state index contributed by atoms with van der Waals surface area (Å²) in [6.07, 6.45) is 0. The van der Waals surface area contributed by atoms with Gasteiger partial charge in [-0.1, -0.05) is 30.3 Å². The van der Waals surface area contributed by atoms with Crippen molar-refractivity contribution in [1.29, 1.82) is 0 Å². The van der Waals surface area contributed by atoms with Crippen molar-refractivity contribution in [2.75, 3.05) is 5.32 Å². The van der Waals surface area contributed by atoms with Crippen LogP contribution in [0.3, 0.4) is 0 Å². The Morgan fingerprint density at radius 3 is 2.50 bits per heavy atom. The van der Waals surface area contributed by atoms with Crippen molar-refractivity contribution in [3.8, 4) is 10.6 Å². The van der Waals surface area contributed by atoms with Gasteiger partial charge in [0, 0.05) is 16.8 Å². The van der Waals surface area contributed by atoms with E-state index >= 15 is 0 Å². The molecule has 0 aliphatic rings. The topological polar surface area (TPSA) is 76.1 Å². The molecule has 0 bridgehead atoms. The van der Waals surface area contributed by atoms with Gasteiger partial charge >= 0.3 is 0 Å². The fourth-order valence-corrected chi connectivity index (χ4v) is 5.08. The first-order chi connectivity index (χ1) is 14.3. The Morgan fingerprint density at radius 2 is 1.73 bits per heavy atom. The number of benzene rings is 3. The third-order valence-corrected chi connectivity index (χ3v) is 7.94. The zero-order chi connectivity index (χ0) is 21.3. The Morgan fingerprint density at radius 1 is 0.967 bits per heavy atom. The Hall–Kier alpha value is -3.03. The van der Waals surface area contributed by atoms with E-state index in [2.05, 4.69) is 10.3 Å². The molecule has 0 unspecified atom stereocenters. The summed E-state index contributed by atoms with van der Waals surface area (Å²) >= 11 is 1.59. The third kappa shape index (κ3) is 3.99. The van der Waals surface area contributed by atoms with Gasteiger partial charge in [-0.05, 0) is 56.3 Å². The molecule has 0 atom stereocenters. The lowest BCUT2D eigenvalue weighted by atomic mass is 10.2. The largest absolute Gasteiger partial charge is 0.322 e. The molecular formula is C23H20N2O3S2. The molecule has 1 heterocycles. The number of rotatable bonds is 5. The lowest BCUT2D eigenvalue weighted by Gasteiger charge is -2.10. The van der Waals surface area contributed by atoms with E-state index in [1.54, 1.807) is 43.4 Å². The van der Waals surface area contributed by atoms with E-state index < -0.39 is 15.1 Å². The van der Waals surface area contributed by atoms with E-state index in [1.165, 1.54) is 12.1 Å². The van der Waals surface area contributed by atoms with Crippen LogP contribution in [-0.4, -0.2) is 24.6 Å². The average molecular weight is 437 g/mol. The van der Waals surface area contributed by atoms with E-state index in [-0.39, 0.29) is 10.8 Å². The monoisotopic (exact) mass is 436 g/mol. The van der Waals surface area contributed by atoms with Crippen LogP contribution in [0.15, 0.2) is 77.7 Å². The highest BCUT2D eigenvalue weighted by Gasteiger charge is 2.20. The minimum atomic E-state index is -3.45. The number of thiazole rings is 1. The van der Waals surface area contributed by atoms with Gasteiger partial charge in [0.2, 0.25) is 0 Å². The number of nitrogens with one attached hydrogen (secondary N) is 1. The number of hydrogen-bond donors (Lipinski definition) is 1. The number of sulfone groups is 1. The molecule has 0 saturated heterocycles. The van der Waals surface area contributed by atoms with Crippen molar-refractivity contribution in [2.24, 2.45) is 0 Å². The van der Waals surface area contributed by atoms with Gasteiger partial charge in [-0.3, -0.25) is 4.79 Å². The summed E-state index contributed by atoms with van der Waals surface area (Å²) in [5.74, 6) is -0.364. The number of para-hydroxylation sites is 1. The van der Waals surface area contributed by atoms with Gasteiger partial charge in [0.05, 0.1) is 20.4 Å². The Bertz CT molecular complexity index is 1310. The quantitative estimate of drug-likeness (QED) is 0.455. The standard InChI is InChI=1S/C23H20N2O3S2/c1-15(2)30(27,28)19-10-6-7-16(14-19)22(26)24-18-9-5-8-17(13-18)23-25-20-11-3-4-12-21(20)29-23/h3-15H,1-2H3,(H,24,26). The Balaban J connectivity index is 1.59. The van der Waals surface area contributed by atoms with Crippen molar-refractivity contribution in [2.45, 2.75) is 24.0 Å². The number of amides is 1. The molecule has 1 amide bonds. The van der Waals surface area contributed by atoms with Crippen LogP contribution in [0, 0.1) is 0 Å². The smallest absolute Gasteiger partial charge is 0.255 e. The number of hydrogen-bond acceptors (Lipinski definition) is 5. The Labute approximate surface area is 179 Å². The van der Waals surface area contributed by atoms with Crippen LogP contribution in [0.25, 0.3) is 20.8 Å². The fraction of sp³-hybridized carbons (Fsp3) is 0.130. The fourth-order valence-electron chi connectivity index (χ4n) is 3.02. The molecule has 4 rings (SSSR count). The van der Waals surface area contributed by atoms with Crippen LogP contribution < -0.4 is 5.32 Å². The molecule has 1 N–H and O–H groups in total. The van der Waals surface area contributed by atoms with E-state index in [9.17, 15) is 13.2 Å².